The van der Waals surface area contributed by atoms with Gasteiger partial charge in [0.1, 0.15) is 0 Å². The van der Waals surface area contributed by atoms with Gasteiger partial charge in [-0.25, -0.2) is 4.98 Å². The monoisotopic (exact) mass is 459 g/mol. The van der Waals surface area contributed by atoms with E-state index in [0.29, 0.717) is 29.7 Å². The van der Waals surface area contributed by atoms with Crippen molar-refractivity contribution in [1.29, 1.82) is 0 Å². The van der Waals surface area contributed by atoms with Crippen LogP contribution in [0, 0.1) is 17.0 Å². The highest BCUT2D eigenvalue weighted by molar-refractivity contribution is 7.98. The second-order valence-electron chi connectivity index (χ2n) is 5.58. The number of halogens is 1. The zero-order chi connectivity index (χ0) is 20.2. The largest absolute Gasteiger partial charge is 0.366 e. The van der Waals surface area contributed by atoms with Crippen LogP contribution in [0.1, 0.15) is 16.4 Å². The van der Waals surface area contributed by atoms with E-state index < -0.39 is 4.92 Å². The van der Waals surface area contributed by atoms with Gasteiger partial charge in [0.05, 0.1) is 26.3 Å². The molecule has 0 amide bonds. The molecule has 0 fully saturated rings. The van der Waals surface area contributed by atoms with E-state index in [9.17, 15) is 10.1 Å². The van der Waals surface area contributed by atoms with Crippen LogP contribution in [0.25, 0.3) is 0 Å². The number of aromatic nitrogens is 2. The summed E-state index contributed by atoms with van der Waals surface area (Å²) in [5, 5.41) is 20.8. The van der Waals surface area contributed by atoms with Crippen molar-refractivity contribution in [1.82, 2.24) is 20.6 Å². The molecule has 7 nitrogen and oxygen atoms in total. The normalized spacial score (nSPS) is 11.4. The molecule has 0 aliphatic rings. The summed E-state index contributed by atoms with van der Waals surface area (Å²) in [6.45, 7) is 3.23. The van der Waals surface area contributed by atoms with Gasteiger partial charge < -0.3 is 10.6 Å². The van der Waals surface area contributed by atoms with Crippen molar-refractivity contribution >= 4 is 46.5 Å². The highest BCUT2D eigenvalue weighted by atomic mass is 35.5. The van der Waals surface area contributed by atoms with E-state index in [1.165, 1.54) is 0 Å². The molecule has 2 aromatic rings. The van der Waals surface area contributed by atoms with Crippen LogP contribution in [0.15, 0.2) is 35.7 Å². The predicted molar refractivity (Wildman–Crippen MR) is 120 cm³/mol. The van der Waals surface area contributed by atoms with Crippen LogP contribution < -0.4 is 10.6 Å². The standard InChI is InChI=1S/C17H22ClN5O2S3/c1-13-22-14(11-28-13)10-26-7-5-20-17(9-23(24)25)21-6-8-27-12-16-15(18)3-2-4-19-16/h2-4,9,11,20-21H,5-8,10,12H2,1H3/b17-9+. The predicted octanol–water partition coefficient (Wildman–Crippen LogP) is 3.92. The van der Waals surface area contributed by atoms with E-state index in [-0.39, 0.29) is 0 Å². The molecule has 0 radical (unpaired) electrons. The van der Waals surface area contributed by atoms with Gasteiger partial charge in [0.2, 0.25) is 0 Å². The van der Waals surface area contributed by atoms with Gasteiger partial charge in [-0.1, -0.05) is 11.6 Å². The molecular weight excluding hydrogens is 438 g/mol. The Labute approximate surface area is 181 Å². The number of thioether (sulfide) groups is 2. The van der Waals surface area contributed by atoms with E-state index >= 15 is 0 Å². The van der Waals surface area contributed by atoms with E-state index in [1.54, 1.807) is 47.1 Å². The lowest BCUT2D eigenvalue weighted by atomic mass is 10.4. The van der Waals surface area contributed by atoms with E-state index in [0.717, 1.165) is 39.9 Å². The number of thiazole rings is 1. The Balaban J connectivity index is 1.62. The Morgan fingerprint density at radius 3 is 2.64 bits per heavy atom. The second-order valence-corrected chi connectivity index (χ2v) is 9.26. The summed E-state index contributed by atoms with van der Waals surface area (Å²) < 4.78 is 0. The molecule has 2 rings (SSSR count). The first kappa shape index (κ1) is 22.8. The highest BCUT2D eigenvalue weighted by Gasteiger charge is 2.04. The smallest absolute Gasteiger partial charge is 0.274 e. The van der Waals surface area contributed by atoms with Crippen LogP contribution in [0.5, 0.6) is 0 Å². The third-order valence-corrected chi connectivity index (χ3v) is 6.48. The number of nitro groups is 1. The number of nitrogens with zero attached hydrogens (tertiary/aromatic N) is 3. The molecule has 152 valence electrons. The zero-order valence-electron chi connectivity index (χ0n) is 15.4. The first-order valence-corrected chi connectivity index (χ1v) is 12.1. The lowest BCUT2D eigenvalue weighted by Crippen LogP contribution is -2.30. The van der Waals surface area contributed by atoms with Crippen molar-refractivity contribution < 1.29 is 4.92 Å². The number of nitrogens with one attached hydrogen (secondary N) is 2. The van der Waals surface area contributed by atoms with Crippen molar-refractivity contribution in [2.24, 2.45) is 0 Å². The Hall–Kier alpha value is -1.49. The van der Waals surface area contributed by atoms with Gasteiger partial charge in [0, 0.05) is 47.7 Å². The minimum atomic E-state index is -0.457. The lowest BCUT2D eigenvalue weighted by Gasteiger charge is -2.11. The van der Waals surface area contributed by atoms with E-state index in [4.69, 9.17) is 11.6 Å². The molecule has 2 heterocycles. The van der Waals surface area contributed by atoms with Crippen molar-refractivity contribution in [3.63, 3.8) is 0 Å². The fourth-order valence-electron chi connectivity index (χ4n) is 2.12. The van der Waals surface area contributed by atoms with Gasteiger partial charge >= 0.3 is 0 Å². The third-order valence-electron chi connectivity index (χ3n) is 3.35. The average molecular weight is 460 g/mol. The van der Waals surface area contributed by atoms with Crippen LogP contribution >= 0.6 is 46.5 Å². The number of pyridine rings is 1. The van der Waals surface area contributed by atoms with Crippen LogP contribution in [0.2, 0.25) is 5.02 Å². The van der Waals surface area contributed by atoms with Crippen LogP contribution in [0.4, 0.5) is 0 Å². The summed E-state index contributed by atoms with van der Waals surface area (Å²) in [5.41, 5.74) is 1.93. The van der Waals surface area contributed by atoms with E-state index in [2.05, 4.69) is 26.0 Å². The lowest BCUT2D eigenvalue weighted by molar-refractivity contribution is -0.404. The molecule has 0 saturated carbocycles. The molecule has 11 heteroatoms. The highest BCUT2D eigenvalue weighted by Crippen LogP contribution is 2.18. The maximum absolute atomic E-state index is 10.8. The van der Waals surface area contributed by atoms with Gasteiger partial charge in [-0.3, -0.25) is 15.1 Å². The molecule has 0 saturated heterocycles. The summed E-state index contributed by atoms with van der Waals surface area (Å²) in [4.78, 5) is 19.0. The maximum atomic E-state index is 10.8. The molecule has 0 unspecified atom stereocenters. The van der Waals surface area contributed by atoms with Gasteiger partial charge in [-0.05, 0) is 19.1 Å². The summed E-state index contributed by atoms with van der Waals surface area (Å²) in [6, 6.07) is 3.62. The van der Waals surface area contributed by atoms with Crippen molar-refractivity contribution in [3.8, 4) is 0 Å². The van der Waals surface area contributed by atoms with Crippen LogP contribution in [-0.2, 0) is 11.5 Å². The molecule has 0 aliphatic heterocycles. The quantitative estimate of drug-likeness (QED) is 0.264. The SMILES string of the molecule is Cc1nc(CSCCN/C(=C\[N+](=O)[O-])NCCSCc2ncccc2Cl)cs1. The number of aryl methyl sites for hydroxylation is 1. The Morgan fingerprint density at radius 1 is 1.32 bits per heavy atom. The summed E-state index contributed by atoms with van der Waals surface area (Å²) >= 11 is 11.1. The van der Waals surface area contributed by atoms with E-state index in [1.807, 2.05) is 13.0 Å². The Morgan fingerprint density at radius 2 is 2.04 bits per heavy atom. The van der Waals surface area contributed by atoms with Crippen molar-refractivity contribution in [2.45, 2.75) is 18.4 Å². The Kier molecular flexibility index (Phi) is 10.5. The molecule has 28 heavy (non-hydrogen) atoms. The first-order chi connectivity index (χ1) is 13.5. The van der Waals surface area contributed by atoms with Crippen molar-refractivity contribution in [3.05, 3.63) is 67.3 Å². The minimum Gasteiger partial charge on any atom is -0.366 e. The molecule has 0 aliphatic carbocycles. The molecule has 2 N–H and O–H groups in total. The molecule has 2 aromatic heterocycles. The van der Waals surface area contributed by atoms with Gasteiger partial charge in [0.25, 0.3) is 6.20 Å². The maximum Gasteiger partial charge on any atom is 0.274 e. The second kappa shape index (κ2) is 12.9. The summed E-state index contributed by atoms with van der Waals surface area (Å²) in [6.07, 6.45) is 2.68. The molecule has 0 atom stereocenters. The fraction of sp³-hybridized carbons (Fsp3) is 0.412. The molecule has 0 bridgehead atoms. The average Bonchev–Trinajstić information content (AvgIpc) is 3.07. The Bertz CT molecular complexity index is 788. The third kappa shape index (κ3) is 9.13. The van der Waals surface area contributed by atoms with Gasteiger partial charge in [0.15, 0.2) is 5.82 Å². The summed E-state index contributed by atoms with van der Waals surface area (Å²) in [7, 11) is 0. The topological polar surface area (TPSA) is 93.0 Å². The number of hydrogen-bond acceptors (Lipinski definition) is 9. The summed E-state index contributed by atoms with van der Waals surface area (Å²) in [5.74, 6) is 3.59. The van der Waals surface area contributed by atoms with Crippen molar-refractivity contribution in [2.75, 3.05) is 24.6 Å². The molecular formula is C17H22ClN5O2S3. The van der Waals surface area contributed by atoms with Crippen LogP contribution in [-0.4, -0.2) is 39.5 Å². The zero-order valence-corrected chi connectivity index (χ0v) is 18.6. The number of hydrogen-bond donors (Lipinski definition) is 2. The van der Waals surface area contributed by atoms with Crippen LogP contribution in [0.3, 0.4) is 0 Å². The fourth-order valence-corrected chi connectivity index (χ4v) is 4.67. The number of rotatable bonds is 13. The molecule has 0 aromatic carbocycles. The first-order valence-electron chi connectivity index (χ1n) is 8.53. The molecule has 0 spiro atoms. The minimum absolute atomic E-state index is 0.423. The van der Waals surface area contributed by atoms with Gasteiger partial charge in [-0.15, -0.1) is 11.3 Å². The van der Waals surface area contributed by atoms with Gasteiger partial charge in [-0.2, -0.15) is 23.5 Å².